The summed E-state index contributed by atoms with van der Waals surface area (Å²) in [4.78, 5) is 16.7. The van der Waals surface area contributed by atoms with Gasteiger partial charge in [0, 0.05) is 38.5 Å². The lowest BCUT2D eigenvalue weighted by atomic mass is 10.2. The summed E-state index contributed by atoms with van der Waals surface area (Å²) in [6, 6.07) is 8.82. The van der Waals surface area contributed by atoms with Crippen LogP contribution in [-0.4, -0.2) is 62.8 Å². The van der Waals surface area contributed by atoms with Gasteiger partial charge in [0.2, 0.25) is 5.91 Å². The molecule has 0 aromatic heterocycles. The van der Waals surface area contributed by atoms with Crippen molar-refractivity contribution >= 4 is 11.6 Å². The number of aryl methyl sites for hydroxylation is 1. The van der Waals surface area contributed by atoms with E-state index in [4.69, 9.17) is 4.74 Å². The quantitative estimate of drug-likeness (QED) is 0.902. The Morgan fingerprint density at radius 3 is 2.82 bits per heavy atom. The summed E-state index contributed by atoms with van der Waals surface area (Å²) in [5.41, 5.74) is 2.57. The maximum atomic E-state index is 12.0. The highest BCUT2D eigenvalue weighted by molar-refractivity contribution is 5.78. The number of anilines is 1. The summed E-state index contributed by atoms with van der Waals surface area (Å²) < 4.78 is 5.29. The van der Waals surface area contributed by atoms with Gasteiger partial charge < -0.3 is 15.0 Å². The topological polar surface area (TPSA) is 44.8 Å². The van der Waals surface area contributed by atoms with E-state index < -0.39 is 0 Å². The number of hydrogen-bond acceptors (Lipinski definition) is 4. The maximum Gasteiger partial charge on any atom is 0.234 e. The minimum absolute atomic E-state index is 0.125. The van der Waals surface area contributed by atoms with Crippen LogP contribution in [0.25, 0.3) is 0 Å². The second-order valence-corrected chi connectivity index (χ2v) is 6.23. The number of rotatable bonds is 4. The summed E-state index contributed by atoms with van der Waals surface area (Å²) in [5.74, 6) is 0.125. The molecule has 1 amide bonds. The van der Waals surface area contributed by atoms with Crippen molar-refractivity contribution in [3.05, 3.63) is 29.8 Å². The molecule has 1 N–H and O–H groups in total. The molecule has 0 aliphatic carbocycles. The molecule has 1 aromatic carbocycles. The van der Waals surface area contributed by atoms with Gasteiger partial charge in [0.1, 0.15) is 0 Å². The van der Waals surface area contributed by atoms with E-state index in [1.165, 1.54) is 11.3 Å². The highest BCUT2D eigenvalue weighted by atomic mass is 16.5. The Morgan fingerprint density at radius 1 is 1.32 bits per heavy atom. The molecule has 2 fully saturated rings. The average Bonchev–Trinajstić information content (AvgIpc) is 3.01. The van der Waals surface area contributed by atoms with Crippen LogP contribution in [0.2, 0.25) is 0 Å². The summed E-state index contributed by atoms with van der Waals surface area (Å²) in [6.07, 6.45) is 0.937. The molecule has 2 aliphatic rings. The SMILES string of the molecule is Cc1cccc(N2CCN(CC(=O)N[C@@H]3CCOC3)CC2)c1. The number of carbonyl (C=O) groups is 1. The van der Waals surface area contributed by atoms with Crippen molar-refractivity contribution in [3.63, 3.8) is 0 Å². The van der Waals surface area contributed by atoms with E-state index in [2.05, 4.69) is 46.3 Å². The number of ether oxygens (including phenoxy) is 1. The zero-order valence-electron chi connectivity index (χ0n) is 13.3. The summed E-state index contributed by atoms with van der Waals surface area (Å²) in [7, 11) is 0. The van der Waals surface area contributed by atoms with Crippen molar-refractivity contribution in [2.24, 2.45) is 0 Å². The van der Waals surface area contributed by atoms with Crippen LogP contribution in [0.1, 0.15) is 12.0 Å². The van der Waals surface area contributed by atoms with E-state index in [1.807, 2.05) is 0 Å². The smallest absolute Gasteiger partial charge is 0.234 e. The van der Waals surface area contributed by atoms with Crippen LogP contribution in [0, 0.1) is 6.92 Å². The molecule has 22 heavy (non-hydrogen) atoms. The van der Waals surface area contributed by atoms with Crippen molar-refractivity contribution in [2.75, 3.05) is 50.8 Å². The van der Waals surface area contributed by atoms with Crippen LogP contribution in [0.3, 0.4) is 0 Å². The molecule has 2 heterocycles. The molecule has 1 aromatic rings. The van der Waals surface area contributed by atoms with Crippen molar-refractivity contribution in [1.29, 1.82) is 0 Å². The maximum absolute atomic E-state index is 12.0. The predicted molar refractivity (Wildman–Crippen MR) is 87.2 cm³/mol. The largest absolute Gasteiger partial charge is 0.379 e. The molecule has 120 valence electrons. The highest BCUT2D eigenvalue weighted by Crippen LogP contribution is 2.17. The van der Waals surface area contributed by atoms with Gasteiger partial charge in [-0.1, -0.05) is 12.1 Å². The van der Waals surface area contributed by atoms with E-state index in [9.17, 15) is 4.79 Å². The molecule has 1 atom stereocenters. The lowest BCUT2D eigenvalue weighted by Crippen LogP contribution is -2.50. The van der Waals surface area contributed by atoms with E-state index >= 15 is 0 Å². The van der Waals surface area contributed by atoms with Crippen LogP contribution in [-0.2, 0) is 9.53 Å². The molecule has 0 radical (unpaired) electrons. The van der Waals surface area contributed by atoms with Crippen LogP contribution >= 0.6 is 0 Å². The summed E-state index contributed by atoms with van der Waals surface area (Å²) >= 11 is 0. The molecule has 5 nitrogen and oxygen atoms in total. The van der Waals surface area contributed by atoms with Gasteiger partial charge in [-0.3, -0.25) is 9.69 Å². The van der Waals surface area contributed by atoms with E-state index in [0.717, 1.165) is 39.2 Å². The number of hydrogen-bond donors (Lipinski definition) is 1. The Labute approximate surface area is 132 Å². The third-order valence-corrected chi connectivity index (χ3v) is 4.40. The molecule has 2 saturated heterocycles. The Kier molecular flexibility index (Phi) is 4.95. The number of benzene rings is 1. The van der Waals surface area contributed by atoms with Gasteiger partial charge in [-0.15, -0.1) is 0 Å². The van der Waals surface area contributed by atoms with Gasteiger partial charge in [-0.2, -0.15) is 0 Å². The first-order valence-electron chi connectivity index (χ1n) is 8.12. The van der Waals surface area contributed by atoms with Crippen molar-refractivity contribution in [3.8, 4) is 0 Å². The zero-order chi connectivity index (χ0) is 15.4. The molecular weight excluding hydrogens is 278 g/mol. The fraction of sp³-hybridized carbons (Fsp3) is 0.588. The van der Waals surface area contributed by atoms with Crippen molar-refractivity contribution < 1.29 is 9.53 Å². The van der Waals surface area contributed by atoms with Crippen LogP contribution in [0.15, 0.2) is 24.3 Å². The number of nitrogens with one attached hydrogen (secondary N) is 1. The van der Waals surface area contributed by atoms with Crippen LogP contribution < -0.4 is 10.2 Å². The summed E-state index contributed by atoms with van der Waals surface area (Å²) in [5, 5.41) is 3.06. The molecule has 0 spiro atoms. The molecule has 2 aliphatic heterocycles. The Morgan fingerprint density at radius 2 is 2.14 bits per heavy atom. The molecule has 0 saturated carbocycles. The molecule has 3 rings (SSSR count). The summed E-state index contributed by atoms with van der Waals surface area (Å²) in [6.45, 7) is 7.86. The van der Waals surface area contributed by atoms with Crippen LogP contribution in [0.5, 0.6) is 0 Å². The zero-order valence-corrected chi connectivity index (χ0v) is 13.3. The lowest BCUT2D eigenvalue weighted by molar-refractivity contribution is -0.123. The number of nitrogens with zero attached hydrogens (tertiary/aromatic N) is 2. The van der Waals surface area contributed by atoms with Gasteiger partial charge in [-0.05, 0) is 31.0 Å². The highest BCUT2D eigenvalue weighted by Gasteiger charge is 2.22. The third kappa shape index (κ3) is 3.99. The third-order valence-electron chi connectivity index (χ3n) is 4.40. The van der Waals surface area contributed by atoms with E-state index in [1.54, 1.807) is 0 Å². The fourth-order valence-corrected chi connectivity index (χ4v) is 3.11. The first kappa shape index (κ1) is 15.3. The number of carbonyl (C=O) groups excluding carboxylic acids is 1. The standard InChI is InChI=1S/C17H25N3O2/c1-14-3-2-4-16(11-14)20-8-6-19(7-9-20)12-17(21)18-15-5-10-22-13-15/h2-4,11,15H,5-10,12-13H2,1H3,(H,18,21)/t15-/m1/s1. The molecule has 0 bridgehead atoms. The fourth-order valence-electron chi connectivity index (χ4n) is 3.11. The van der Waals surface area contributed by atoms with Crippen LogP contribution in [0.4, 0.5) is 5.69 Å². The van der Waals surface area contributed by atoms with Gasteiger partial charge >= 0.3 is 0 Å². The van der Waals surface area contributed by atoms with Gasteiger partial charge in [0.25, 0.3) is 0 Å². The predicted octanol–water partition coefficient (Wildman–Crippen LogP) is 1.02. The second kappa shape index (κ2) is 7.11. The number of piperazine rings is 1. The first-order chi connectivity index (χ1) is 10.7. The van der Waals surface area contributed by atoms with Crippen molar-refractivity contribution in [1.82, 2.24) is 10.2 Å². The van der Waals surface area contributed by atoms with Gasteiger partial charge in [0.15, 0.2) is 0 Å². The normalized spacial score (nSPS) is 22.8. The lowest BCUT2D eigenvalue weighted by Gasteiger charge is -2.36. The van der Waals surface area contributed by atoms with E-state index in [0.29, 0.717) is 13.2 Å². The monoisotopic (exact) mass is 303 g/mol. The van der Waals surface area contributed by atoms with Gasteiger partial charge in [0.05, 0.1) is 19.2 Å². The Bertz CT molecular complexity index is 506. The minimum Gasteiger partial charge on any atom is -0.379 e. The minimum atomic E-state index is 0.125. The Hall–Kier alpha value is -1.59. The molecule has 0 unspecified atom stereocenters. The second-order valence-electron chi connectivity index (χ2n) is 6.23. The van der Waals surface area contributed by atoms with Crippen molar-refractivity contribution in [2.45, 2.75) is 19.4 Å². The Balaban J connectivity index is 1.44. The average molecular weight is 303 g/mol. The molecule has 5 heteroatoms. The van der Waals surface area contributed by atoms with Gasteiger partial charge in [-0.25, -0.2) is 0 Å². The van der Waals surface area contributed by atoms with E-state index in [-0.39, 0.29) is 11.9 Å². The number of amides is 1. The first-order valence-corrected chi connectivity index (χ1v) is 8.12. The molecular formula is C17H25N3O2.